The number of rotatable bonds is 6. The van der Waals surface area contributed by atoms with E-state index in [4.69, 9.17) is 0 Å². The van der Waals surface area contributed by atoms with Crippen LogP contribution in [0.15, 0.2) is 91.3 Å². The van der Waals surface area contributed by atoms with Crippen molar-refractivity contribution in [1.29, 1.82) is 0 Å². The zero-order valence-electron chi connectivity index (χ0n) is 18.6. The van der Waals surface area contributed by atoms with Gasteiger partial charge in [0.25, 0.3) is 0 Å². The highest BCUT2D eigenvalue weighted by atomic mass is 15.2. The molecule has 0 saturated carbocycles. The molecule has 1 heterocycles. The molecule has 160 valence electrons. The first-order valence-electron chi connectivity index (χ1n) is 11.5. The van der Waals surface area contributed by atoms with Crippen molar-refractivity contribution < 1.29 is 0 Å². The summed E-state index contributed by atoms with van der Waals surface area (Å²) in [5.74, 6) is 0.813. The number of hydrogen-bond acceptors (Lipinski definition) is 3. The molecule has 0 radical (unpaired) electrons. The number of hydrogen-bond donors (Lipinski definition) is 0. The van der Waals surface area contributed by atoms with Crippen molar-refractivity contribution in [3.8, 4) is 11.1 Å². The summed E-state index contributed by atoms with van der Waals surface area (Å²) in [6.45, 7) is 3.86. The lowest BCUT2D eigenvalue weighted by molar-refractivity contribution is 0.162. The molecule has 1 atom stereocenters. The van der Waals surface area contributed by atoms with Crippen molar-refractivity contribution >= 4 is 0 Å². The van der Waals surface area contributed by atoms with Crippen LogP contribution in [0.5, 0.6) is 0 Å². The van der Waals surface area contributed by atoms with Crippen LogP contribution in [0.4, 0.5) is 0 Å². The molecule has 4 aromatic rings. The van der Waals surface area contributed by atoms with Crippen LogP contribution in [0, 0.1) is 6.92 Å². The number of nitrogens with zero attached hydrogens (tertiary/aromatic N) is 3. The van der Waals surface area contributed by atoms with Gasteiger partial charge in [-0.1, -0.05) is 78.9 Å². The highest BCUT2D eigenvalue weighted by Gasteiger charge is 2.26. The average Bonchev–Trinajstić information content (AvgIpc) is 2.85. The van der Waals surface area contributed by atoms with Crippen LogP contribution < -0.4 is 0 Å². The summed E-state index contributed by atoms with van der Waals surface area (Å²) in [5.41, 5.74) is 8.07. The van der Waals surface area contributed by atoms with E-state index in [2.05, 4.69) is 93.7 Å². The maximum absolute atomic E-state index is 4.45. The van der Waals surface area contributed by atoms with Crippen LogP contribution in [0.1, 0.15) is 34.5 Å². The Hall–Kier alpha value is -3.30. The Balaban J connectivity index is 1.46. The van der Waals surface area contributed by atoms with E-state index >= 15 is 0 Å². The van der Waals surface area contributed by atoms with E-state index < -0.39 is 0 Å². The molecular weight excluding hydrogens is 390 g/mol. The second-order valence-corrected chi connectivity index (χ2v) is 8.74. The van der Waals surface area contributed by atoms with E-state index in [-0.39, 0.29) is 0 Å². The molecule has 1 unspecified atom stereocenters. The van der Waals surface area contributed by atoms with Gasteiger partial charge >= 0.3 is 0 Å². The molecule has 0 amide bonds. The van der Waals surface area contributed by atoms with Crippen LogP contribution in [-0.2, 0) is 25.9 Å². The number of fused-ring (bicyclic) bond motifs is 1. The van der Waals surface area contributed by atoms with E-state index in [1.807, 2.05) is 19.3 Å². The lowest BCUT2D eigenvalue weighted by atomic mass is 9.83. The minimum Gasteiger partial charge on any atom is -0.292 e. The Bertz CT molecular complexity index is 1110. The Labute approximate surface area is 190 Å². The molecule has 0 spiro atoms. The minimum absolute atomic E-state index is 0.496. The number of aromatic nitrogens is 2. The third-order valence-corrected chi connectivity index (χ3v) is 6.53. The van der Waals surface area contributed by atoms with Gasteiger partial charge in [0, 0.05) is 37.1 Å². The van der Waals surface area contributed by atoms with Crippen LogP contribution in [-0.4, -0.2) is 20.9 Å². The van der Waals surface area contributed by atoms with Crippen LogP contribution in [0.25, 0.3) is 11.1 Å². The molecule has 3 aromatic carbocycles. The zero-order valence-corrected chi connectivity index (χ0v) is 18.6. The highest BCUT2D eigenvalue weighted by Crippen LogP contribution is 2.33. The monoisotopic (exact) mass is 419 g/mol. The molecule has 0 saturated heterocycles. The molecule has 0 bridgehead atoms. The second-order valence-electron chi connectivity index (χ2n) is 8.74. The van der Waals surface area contributed by atoms with Gasteiger partial charge in [0.2, 0.25) is 0 Å². The smallest absolute Gasteiger partial charge is 0.125 e. The van der Waals surface area contributed by atoms with Crippen LogP contribution in [0.3, 0.4) is 0 Å². The lowest BCUT2D eigenvalue weighted by Gasteiger charge is -2.36. The first-order valence-corrected chi connectivity index (χ1v) is 11.5. The molecule has 0 N–H and O–H groups in total. The SMILES string of the molecule is Cc1ncc(-c2cccc3c2CC(N(Cc2ccccc2)Cc2ccccc2)CC3)cn1. The summed E-state index contributed by atoms with van der Waals surface area (Å²) >= 11 is 0. The molecule has 1 aliphatic rings. The number of aryl methyl sites for hydroxylation is 2. The average molecular weight is 420 g/mol. The third-order valence-electron chi connectivity index (χ3n) is 6.53. The van der Waals surface area contributed by atoms with Gasteiger partial charge in [-0.2, -0.15) is 0 Å². The highest BCUT2D eigenvalue weighted by molar-refractivity contribution is 5.68. The van der Waals surface area contributed by atoms with Crippen molar-refractivity contribution in [2.24, 2.45) is 0 Å². The van der Waals surface area contributed by atoms with Gasteiger partial charge < -0.3 is 0 Å². The van der Waals surface area contributed by atoms with Crippen LogP contribution >= 0.6 is 0 Å². The Morgan fingerprint density at radius 3 is 2.03 bits per heavy atom. The predicted molar refractivity (Wildman–Crippen MR) is 130 cm³/mol. The Morgan fingerprint density at radius 1 is 0.781 bits per heavy atom. The predicted octanol–water partition coefficient (Wildman–Crippen LogP) is 6.01. The molecular formula is C29H29N3. The quantitative estimate of drug-likeness (QED) is 0.383. The fraction of sp³-hybridized carbons (Fsp3) is 0.241. The van der Waals surface area contributed by atoms with Gasteiger partial charge in [0.05, 0.1) is 0 Å². The van der Waals surface area contributed by atoms with E-state index in [1.54, 1.807) is 0 Å². The summed E-state index contributed by atoms with van der Waals surface area (Å²) in [6, 6.07) is 28.9. The summed E-state index contributed by atoms with van der Waals surface area (Å²) in [6.07, 6.45) is 7.28. The van der Waals surface area contributed by atoms with E-state index in [9.17, 15) is 0 Å². The van der Waals surface area contributed by atoms with Crippen molar-refractivity contribution in [2.45, 2.75) is 45.3 Å². The van der Waals surface area contributed by atoms with Gasteiger partial charge in [-0.15, -0.1) is 0 Å². The van der Waals surface area contributed by atoms with Crippen molar-refractivity contribution in [2.75, 3.05) is 0 Å². The van der Waals surface area contributed by atoms with Crippen LogP contribution in [0.2, 0.25) is 0 Å². The standard InChI is InChI=1S/C29H29N3/c1-22-30-18-26(19-31-22)28-14-8-13-25-15-16-27(17-29(25)28)32(20-23-9-4-2-5-10-23)21-24-11-6-3-7-12-24/h2-14,18-19,27H,15-17,20-21H2,1H3. The minimum atomic E-state index is 0.496. The largest absolute Gasteiger partial charge is 0.292 e. The normalized spacial score (nSPS) is 15.5. The van der Waals surface area contributed by atoms with Gasteiger partial charge in [0.15, 0.2) is 0 Å². The molecule has 0 aliphatic heterocycles. The molecule has 1 aliphatic carbocycles. The molecule has 3 heteroatoms. The topological polar surface area (TPSA) is 29.0 Å². The van der Waals surface area contributed by atoms with Crippen molar-refractivity contribution in [1.82, 2.24) is 14.9 Å². The summed E-state index contributed by atoms with van der Waals surface area (Å²) < 4.78 is 0. The first kappa shape index (κ1) is 20.6. The fourth-order valence-corrected chi connectivity index (χ4v) is 4.83. The molecule has 3 nitrogen and oxygen atoms in total. The number of benzene rings is 3. The van der Waals surface area contributed by atoms with Gasteiger partial charge in [-0.25, -0.2) is 9.97 Å². The van der Waals surface area contributed by atoms with E-state index in [0.717, 1.165) is 37.3 Å². The Morgan fingerprint density at radius 2 is 1.41 bits per heavy atom. The second kappa shape index (κ2) is 9.46. The summed E-state index contributed by atoms with van der Waals surface area (Å²) in [7, 11) is 0. The maximum atomic E-state index is 4.45. The third kappa shape index (κ3) is 4.63. The summed E-state index contributed by atoms with van der Waals surface area (Å²) in [4.78, 5) is 11.6. The molecule has 32 heavy (non-hydrogen) atoms. The Kier molecular flexibility index (Phi) is 6.09. The molecule has 1 aromatic heterocycles. The lowest BCUT2D eigenvalue weighted by Crippen LogP contribution is -2.38. The van der Waals surface area contributed by atoms with E-state index in [0.29, 0.717) is 6.04 Å². The van der Waals surface area contributed by atoms with Gasteiger partial charge in [0.1, 0.15) is 5.82 Å². The van der Waals surface area contributed by atoms with Gasteiger partial charge in [-0.3, -0.25) is 4.90 Å². The fourth-order valence-electron chi connectivity index (χ4n) is 4.83. The molecule has 0 fully saturated rings. The first-order chi connectivity index (χ1) is 15.8. The summed E-state index contributed by atoms with van der Waals surface area (Å²) in [5, 5.41) is 0. The zero-order chi connectivity index (χ0) is 21.8. The van der Waals surface area contributed by atoms with Crippen molar-refractivity contribution in [3.63, 3.8) is 0 Å². The molecule has 5 rings (SSSR count). The van der Waals surface area contributed by atoms with E-state index in [1.165, 1.54) is 34.2 Å². The van der Waals surface area contributed by atoms with Gasteiger partial charge in [-0.05, 0) is 54.0 Å². The van der Waals surface area contributed by atoms with Crippen molar-refractivity contribution in [3.05, 3.63) is 119 Å². The maximum Gasteiger partial charge on any atom is 0.125 e.